The highest BCUT2D eigenvalue weighted by Gasteiger charge is 2.21. The molecule has 0 radical (unpaired) electrons. The summed E-state index contributed by atoms with van der Waals surface area (Å²) in [4.78, 5) is 10.8. The van der Waals surface area contributed by atoms with Crippen LogP contribution in [0.25, 0.3) is 0 Å². The van der Waals surface area contributed by atoms with Crippen molar-refractivity contribution in [2.75, 3.05) is 0 Å². The molecule has 66 valence electrons. The Bertz CT molecular complexity index is 221. The summed E-state index contributed by atoms with van der Waals surface area (Å²) in [6, 6.07) is 0.210. The molecule has 2 atom stereocenters. The number of halogens is 1. The molecule has 1 N–H and O–H groups in total. The SMILES string of the molecule is BC1=CC[C@H](NC(=O)I)[C@@H](S)C1. The van der Waals surface area contributed by atoms with Gasteiger partial charge in [0.2, 0.25) is 0 Å². The zero-order chi connectivity index (χ0) is 9.14. The van der Waals surface area contributed by atoms with E-state index in [0.717, 1.165) is 12.8 Å². The molecular formula is C7H11BINOS. The molecule has 0 heterocycles. The second-order valence-electron chi connectivity index (χ2n) is 3.08. The first kappa shape index (κ1) is 10.4. The zero-order valence-electron chi connectivity index (χ0n) is 6.88. The van der Waals surface area contributed by atoms with Gasteiger partial charge in [0.1, 0.15) is 7.85 Å². The van der Waals surface area contributed by atoms with Crippen LogP contribution in [0, 0.1) is 0 Å². The number of carbonyl (C=O) groups excluding carboxylic acids is 1. The molecule has 1 rings (SSSR count). The average molecular weight is 295 g/mol. The molecule has 12 heavy (non-hydrogen) atoms. The molecule has 0 bridgehead atoms. The Kier molecular flexibility index (Phi) is 3.96. The van der Waals surface area contributed by atoms with Crippen molar-refractivity contribution in [2.45, 2.75) is 24.1 Å². The molecule has 0 fully saturated rings. The van der Waals surface area contributed by atoms with E-state index in [0.29, 0.717) is 0 Å². The van der Waals surface area contributed by atoms with Gasteiger partial charge in [-0.1, -0.05) is 6.08 Å². The highest BCUT2D eigenvalue weighted by Crippen LogP contribution is 2.21. The van der Waals surface area contributed by atoms with Crippen molar-refractivity contribution in [3.8, 4) is 0 Å². The Labute approximate surface area is 92.5 Å². The summed E-state index contributed by atoms with van der Waals surface area (Å²) < 4.78 is 0.00426. The van der Waals surface area contributed by atoms with E-state index in [4.69, 9.17) is 0 Å². The van der Waals surface area contributed by atoms with E-state index < -0.39 is 0 Å². The van der Waals surface area contributed by atoms with Gasteiger partial charge in [0, 0.05) is 33.9 Å². The molecule has 0 aromatic rings. The van der Waals surface area contributed by atoms with Crippen LogP contribution in [0.4, 0.5) is 4.79 Å². The maximum absolute atomic E-state index is 10.8. The fraction of sp³-hybridized carbons (Fsp3) is 0.571. The molecule has 5 heteroatoms. The van der Waals surface area contributed by atoms with E-state index in [2.05, 4.69) is 31.9 Å². The van der Waals surface area contributed by atoms with Crippen LogP contribution in [-0.2, 0) is 0 Å². The second-order valence-corrected chi connectivity index (χ2v) is 4.73. The maximum atomic E-state index is 10.8. The van der Waals surface area contributed by atoms with Crippen LogP contribution in [0.3, 0.4) is 0 Å². The lowest BCUT2D eigenvalue weighted by molar-refractivity contribution is 0.259. The van der Waals surface area contributed by atoms with Crippen LogP contribution in [-0.4, -0.2) is 23.1 Å². The maximum Gasteiger partial charge on any atom is 0.280 e. The molecular weight excluding hydrogens is 284 g/mol. The molecule has 1 amide bonds. The van der Waals surface area contributed by atoms with Gasteiger partial charge in [0.25, 0.3) is 3.91 Å². The normalized spacial score (nSPS) is 29.3. The van der Waals surface area contributed by atoms with Crippen LogP contribution in [0.5, 0.6) is 0 Å². The summed E-state index contributed by atoms with van der Waals surface area (Å²) in [6.07, 6.45) is 4.06. The molecule has 0 saturated heterocycles. The number of hydrogen-bond donors (Lipinski definition) is 2. The highest BCUT2D eigenvalue weighted by molar-refractivity contribution is 14.1. The predicted octanol–water partition coefficient (Wildman–Crippen LogP) is 1.11. The minimum absolute atomic E-state index is 0.00426. The summed E-state index contributed by atoms with van der Waals surface area (Å²) in [5, 5.41) is 3.15. The van der Waals surface area contributed by atoms with Crippen molar-refractivity contribution in [1.29, 1.82) is 0 Å². The molecule has 0 unspecified atom stereocenters. The van der Waals surface area contributed by atoms with Gasteiger partial charge in [-0.2, -0.15) is 12.6 Å². The summed E-state index contributed by atoms with van der Waals surface area (Å²) >= 11 is 6.19. The molecule has 1 aliphatic carbocycles. The fourth-order valence-electron chi connectivity index (χ4n) is 1.34. The number of carbonyl (C=O) groups is 1. The van der Waals surface area contributed by atoms with Crippen molar-refractivity contribution >= 4 is 47.0 Å². The van der Waals surface area contributed by atoms with Gasteiger partial charge in [-0.3, -0.25) is 4.79 Å². The summed E-state index contributed by atoms with van der Waals surface area (Å²) in [5.74, 6) is 0. The number of hydrogen-bond acceptors (Lipinski definition) is 2. The Morgan fingerprint density at radius 1 is 1.83 bits per heavy atom. The monoisotopic (exact) mass is 295 g/mol. The first-order chi connectivity index (χ1) is 5.59. The van der Waals surface area contributed by atoms with E-state index in [-0.39, 0.29) is 15.2 Å². The Morgan fingerprint density at radius 3 is 3.00 bits per heavy atom. The van der Waals surface area contributed by atoms with Crippen molar-refractivity contribution in [2.24, 2.45) is 0 Å². The minimum atomic E-state index is 0.00426. The topological polar surface area (TPSA) is 29.1 Å². The standard InChI is InChI=1S/C7H11BINOS/c8-4-1-2-5(6(12)3-4)10-7(9)11/h1,5-6,12H,2-3,8H2,(H,10,11)/t5-,6-/m0/s1. The lowest BCUT2D eigenvalue weighted by Gasteiger charge is -2.27. The average Bonchev–Trinajstić information content (AvgIpc) is 1.94. The van der Waals surface area contributed by atoms with E-state index in [1.807, 2.05) is 0 Å². The van der Waals surface area contributed by atoms with Crippen molar-refractivity contribution < 1.29 is 4.79 Å². The van der Waals surface area contributed by atoms with Gasteiger partial charge < -0.3 is 5.32 Å². The smallest absolute Gasteiger partial charge is 0.280 e. The van der Waals surface area contributed by atoms with E-state index in [1.165, 1.54) is 5.47 Å². The molecule has 1 aliphatic rings. The van der Waals surface area contributed by atoms with Crippen LogP contribution >= 0.6 is 35.2 Å². The van der Waals surface area contributed by atoms with Gasteiger partial charge in [0.15, 0.2) is 0 Å². The van der Waals surface area contributed by atoms with Gasteiger partial charge in [-0.15, -0.1) is 5.47 Å². The van der Waals surface area contributed by atoms with Gasteiger partial charge in [-0.25, -0.2) is 0 Å². The number of thiol groups is 1. The van der Waals surface area contributed by atoms with E-state index in [1.54, 1.807) is 22.6 Å². The van der Waals surface area contributed by atoms with Gasteiger partial charge in [0.05, 0.1) is 0 Å². The second kappa shape index (κ2) is 4.55. The Balaban J connectivity index is 2.51. The Hall–Kier alpha value is 0.355. The van der Waals surface area contributed by atoms with Gasteiger partial charge >= 0.3 is 0 Å². The number of allylic oxidation sites excluding steroid dienone is 1. The lowest BCUT2D eigenvalue weighted by Crippen LogP contribution is -2.40. The first-order valence-corrected chi connectivity index (χ1v) is 5.49. The fourth-order valence-corrected chi connectivity index (χ4v) is 2.23. The lowest BCUT2D eigenvalue weighted by atomic mass is 9.83. The minimum Gasteiger partial charge on any atom is -0.343 e. The van der Waals surface area contributed by atoms with E-state index >= 15 is 0 Å². The number of nitrogens with one attached hydrogen (secondary N) is 1. The van der Waals surface area contributed by atoms with Crippen LogP contribution in [0.1, 0.15) is 12.8 Å². The number of rotatable bonds is 1. The van der Waals surface area contributed by atoms with E-state index in [9.17, 15) is 4.79 Å². The van der Waals surface area contributed by atoms with Gasteiger partial charge in [-0.05, 0) is 12.8 Å². The third-order valence-corrected chi connectivity index (χ3v) is 2.87. The largest absolute Gasteiger partial charge is 0.343 e. The summed E-state index contributed by atoms with van der Waals surface area (Å²) in [5.41, 5.74) is 1.37. The zero-order valence-corrected chi connectivity index (χ0v) is 9.93. The molecule has 0 aliphatic heterocycles. The quantitative estimate of drug-likeness (QED) is 0.245. The number of amides is 1. The molecule has 0 saturated carbocycles. The molecule has 0 aromatic carbocycles. The third-order valence-electron chi connectivity index (χ3n) is 2.01. The van der Waals surface area contributed by atoms with Crippen molar-refractivity contribution in [3.05, 3.63) is 11.5 Å². The van der Waals surface area contributed by atoms with Crippen molar-refractivity contribution in [1.82, 2.24) is 5.32 Å². The predicted molar refractivity (Wildman–Crippen MR) is 65.0 cm³/mol. The summed E-state index contributed by atoms with van der Waals surface area (Å²) in [7, 11) is 2.10. The molecule has 0 aromatic heterocycles. The first-order valence-electron chi connectivity index (χ1n) is 3.89. The molecule has 2 nitrogen and oxygen atoms in total. The van der Waals surface area contributed by atoms with Crippen LogP contribution < -0.4 is 5.32 Å². The third kappa shape index (κ3) is 3.01. The summed E-state index contributed by atoms with van der Waals surface area (Å²) in [6.45, 7) is 0. The molecule has 0 spiro atoms. The van der Waals surface area contributed by atoms with Crippen LogP contribution in [0.2, 0.25) is 0 Å². The highest BCUT2D eigenvalue weighted by atomic mass is 127. The Morgan fingerprint density at radius 2 is 2.50 bits per heavy atom. The van der Waals surface area contributed by atoms with Crippen molar-refractivity contribution in [3.63, 3.8) is 0 Å². The van der Waals surface area contributed by atoms with Crippen LogP contribution in [0.15, 0.2) is 11.5 Å².